The topological polar surface area (TPSA) is 42.9 Å². The number of Topliss-reactive ketones (excluding diaryl/α,β-unsaturated/α-hetero) is 1. The average molecular weight is 164 g/mol. The molecule has 0 unspecified atom stereocenters. The first kappa shape index (κ1) is 8.84. The van der Waals surface area contributed by atoms with Crippen molar-refractivity contribution in [1.82, 2.24) is 9.97 Å². The average Bonchev–Trinajstić information content (AvgIpc) is 2.01. The van der Waals surface area contributed by atoms with E-state index in [1.54, 1.807) is 0 Å². The molecule has 1 aromatic rings. The molecule has 0 amide bonds. The van der Waals surface area contributed by atoms with Gasteiger partial charge in [0, 0.05) is 17.8 Å². The second-order valence-corrected chi connectivity index (χ2v) is 2.75. The summed E-state index contributed by atoms with van der Waals surface area (Å²) in [6.07, 6.45) is 0.461. The maximum Gasteiger partial charge on any atom is 0.199 e. The Labute approximate surface area is 71.9 Å². The lowest BCUT2D eigenvalue weighted by atomic mass is 10.2. The van der Waals surface area contributed by atoms with Crippen molar-refractivity contribution in [3.63, 3.8) is 0 Å². The second-order valence-electron chi connectivity index (χ2n) is 2.75. The van der Waals surface area contributed by atoms with Gasteiger partial charge in [-0.05, 0) is 19.9 Å². The van der Waals surface area contributed by atoms with Crippen LogP contribution in [0.15, 0.2) is 6.07 Å². The fraction of sp³-hybridized carbons (Fsp3) is 0.444. The molecule has 3 heteroatoms. The maximum absolute atomic E-state index is 11.2. The number of carbonyl (C=O) groups excluding carboxylic acids is 1. The third-order valence-electron chi connectivity index (χ3n) is 1.55. The van der Waals surface area contributed by atoms with Crippen molar-refractivity contribution in [1.29, 1.82) is 0 Å². The highest BCUT2D eigenvalue weighted by Crippen LogP contribution is 2.01. The Morgan fingerprint density at radius 1 is 1.33 bits per heavy atom. The smallest absolute Gasteiger partial charge is 0.199 e. The van der Waals surface area contributed by atoms with Crippen LogP contribution in [0.2, 0.25) is 0 Å². The summed E-state index contributed by atoms with van der Waals surface area (Å²) >= 11 is 0. The number of carbonyl (C=O) groups is 1. The first-order valence-corrected chi connectivity index (χ1v) is 3.99. The monoisotopic (exact) mass is 164 g/mol. The summed E-state index contributed by atoms with van der Waals surface area (Å²) in [5.74, 6) is 0.344. The van der Waals surface area contributed by atoms with E-state index in [1.165, 1.54) is 0 Å². The van der Waals surface area contributed by atoms with Crippen molar-refractivity contribution in [3.05, 3.63) is 23.3 Å². The lowest BCUT2D eigenvalue weighted by Crippen LogP contribution is -2.06. The molecule has 0 aliphatic heterocycles. The molecule has 12 heavy (non-hydrogen) atoms. The molecule has 0 fully saturated rings. The minimum absolute atomic E-state index is 0.00167. The van der Waals surface area contributed by atoms with Gasteiger partial charge in [0.05, 0.1) is 0 Å². The van der Waals surface area contributed by atoms with Crippen molar-refractivity contribution in [2.75, 3.05) is 0 Å². The van der Waals surface area contributed by atoms with E-state index < -0.39 is 0 Å². The van der Waals surface area contributed by atoms with Crippen LogP contribution in [-0.4, -0.2) is 15.8 Å². The van der Waals surface area contributed by atoms with Crippen LogP contribution in [0.1, 0.15) is 35.4 Å². The predicted octanol–water partition coefficient (Wildman–Crippen LogP) is 1.69. The first-order valence-electron chi connectivity index (χ1n) is 3.99. The highest BCUT2D eigenvalue weighted by molar-refractivity contribution is 5.92. The van der Waals surface area contributed by atoms with Crippen LogP contribution in [0, 0.1) is 13.8 Å². The molecule has 3 nitrogen and oxygen atoms in total. The van der Waals surface area contributed by atoms with Gasteiger partial charge in [-0.25, -0.2) is 9.97 Å². The van der Waals surface area contributed by atoms with Gasteiger partial charge < -0.3 is 0 Å². The Kier molecular flexibility index (Phi) is 2.53. The Balaban J connectivity index is 3.08. The Hall–Kier alpha value is -1.25. The second kappa shape index (κ2) is 3.43. The van der Waals surface area contributed by atoms with Gasteiger partial charge in [-0.2, -0.15) is 0 Å². The summed E-state index contributed by atoms with van der Waals surface area (Å²) in [5, 5.41) is 0. The van der Waals surface area contributed by atoms with E-state index in [4.69, 9.17) is 0 Å². The van der Waals surface area contributed by atoms with Crippen molar-refractivity contribution in [3.8, 4) is 0 Å². The molecule has 0 atom stereocenters. The molecule has 1 heterocycles. The quantitative estimate of drug-likeness (QED) is 0.624. The zero-order valence-corrected chi connectivity index (χ0v) is 7.59. The van der Waals surface area contributed by atoms with Crippen LogP contribution in [0.5, 0.6) is 0 Å². The molecular weight excluding hydrogens is 152 g/mol. The number of hydrogen-bond donors (Lipinski definition) is 0. The Morgan fingerprint density at radius 3 is 2.25 bits per heavy atom. The number of nitrogens with zero attached hydrogens (tertiary/aromatic N) is 2. The normalized spacial score (nSPS) is 9.92. The van der Waals surface area contributed by atoms with Gasteiger partial charge in [-0.1, -0.05) is 6.92 Å². The first-order chi connectivity index (χ1) is 5.63. The lowest BCUT2D eigenvalue weighted by molar-refractivity contribution is 0.0977. The maximum atomic E-state index is 11.2. The van der Waals surface area contributed by atoms with E-state index in [2.05, 4.69) is 9.97 Å². The fourth-order valence-corrected chi connectivity index (χ4v) is 1.01. The van der Waals surface area contributed by atoms with Gasteiger partial charge >= 0.3 is 0 Å². The molecule has 1 aromatic heterocycles. The van der Waals surface area contributed by atoms with Gasteiger partial charge in [0.1, 0.15) is 0 Å². The van der Waals surface area contributed by atoms with E-state index in [0.717, 1.165) is 11.4 Å². The standard InChI is InChI=1S/C9H12N2O/c1-4-8(12)9-10-6(2)5-7(3)11-9/h5H,4H2,1-3H3. The fourth-order valence-electron chi connectivity index (χ4n) is 1.01. The van der Waals surface area contributed by atoms with E-state index >= 15 is 0 Å². The molecule has 0 bridgehead atoms. The summed E-state index contributed by atoms with van der Waals surface area (Å²) in [6, 6.07) is 1.85. The third kappa shape index (κ3) is 1.87. The molecule has 0 spiro atoms. The highest BCUT2D eigenvalue weighted by Gasteiger charge is 2.06. The molecular formula is C9H12N2O. The van der Waals surface area contributed by atoms with Gasteiger partial charge in [0.15, 0.2) is 11.6 Å². The van der Waals surface area contributed by atoms with E-state index in [-0.39, 0.29) is 5.78 Å². The summed E-state index contributed by atoms with van der Waals surface area (Å²) < 4.78 is 0. The van der Waals surface area contributed by atoms with Crippen LogP contribution < -0.4 is 0 Å². The van der Waals surface area contributed by atoms with E-state index in [9.17, 15) is 4.79 Å². The minimum Gasteiger partial charge on any atom is -0.291 e. The number of aromatic nitrogens is 2. The highest BCUT2D eigenvalue weighted by atomic mass is 16.1. The summed E-state index contributed by atoms with van der Waals surface area (Å²) in [4.78, 5) is 19.3. The molecule has 1 rings (SSSR count). The molecule has 0 N–H and O–H groups in total. The van der Waals surface area contributed by atoms with Gasteiger partial charge in [0.25, 0.3) is 0 Å². The van der Waals surface area contributed by atoms with E-state index in [0.29, 0.717) is 12.2 Å². The van der Waals surface area contributed by atoms with Crippen molar-refractivity contribution >= 4 is 5.78 Å². The largest absolute Gasteiger partial charge is 0.291 e. The molecule has 0 radical (unpaired) electrons. The van der Waals surface area contributed by atoms with Crippen molar-refractivity contribution in [2.24, 2.45) is 0 Å². The van der Waals surface area contributed by atoms with Crippen LogP contribution in [0.4, 0.5) is 0 Å². The minimum atomic E-state index is 0.00167. The summed E-state index contributed by atoms with van der Waals surface area (Å²) in [7, 11) is 0. The van der Waals surface area contributed by atoms with Crippen LogP contribution in [0.3, 0.4) is 0 Å². The Bertz CT molecular complexity index is 287. The number of hydrogen-bond acceptors (Lipinski definition) is 3. The van der Waals surface area contributed by atoms with Crippen LogP contribution >= 0.6 is 0 Å². The number of aryl methyl sites for hydroxylation is 2. The van der Waals surface area contributed by atoms with Crippen LogP contribution in [-0.2, 0) is 0 Å². The zero-order valence-electron chi connectivity index (χ0n) is 7.59. The molecule has 0 aliphatic carbocycles. The Morgan fingerprint density at radius 2 is 1.83 bits per heavy atom. The predicted molar refractivity (Wildman–Crippen MR) is 46.1 cm³/mol. The van der Waals surface area contributed by atoms with Crippen LogP contribution in [0.25, 0.3) is 0 Å². The van der Waals surface area contributed by atoms with E-state index in [1.807, 2.05) is 26.8 Å². The van der Waals surface area contributed by atoms with Crippen molar-refractivity contribution < 1.29 is 4.79 Å². The molecule has 0 saturated heterocycles. The molecule has 0 saturated carbocycles. The lowest BCUT2D eigenvalue weighted by Gasteiger charge is -1.99. The summed E-state index contributed by atoms with van der Waals surface area (Å²) in [6.45, 7) is 5.53. The molecule has 0 aliphatic rings. The SMILES string of the molecule is CCC(=O)c1nc(C)cc(C)n1. The third-order valence-corrected chi connectivity index (χ3v) is 1.55. The molecule has 64 valence electrons. The number of rotatable bonds is 2. The van der Waals surface area contributed by atoms with Gasteiger partial charge in [0.2, 0.25) is 0 Å². The van der Waals surface area contributed by atoms with Gasteiger partial charge in [-0.3, -0.25) is 4.79 Å². The zero-order chi connectivity index (χ0) is 9.14. The molecule has 0 aromatic carbocycles. The van der Waals surface area contributed by atoms with Gasteiger partial charge in [-0.15, -0.1) is 0 Å². The number of ketones is 1. The summed E-state index contributed by atoms with van der Waals surface area (Å²) in [5.41, 5.74) is 1.69. The van der Waals surface area contributed by atoms with Crippen molar-refractivity contribution in [2.45, 2.75) is 27.2 Å².